The smallest absolute Gasteiger partial charge is 0.243 e. The Morgan fingerprint density at radius 2 is 2.00 bits per heavy atom. The van der Waals surface area contributed by atoms with Crippen molar-refractivity contribution in [2.24, 2.45) is 0 Å². The van der Waals surface area contributed by atoms with E-state index in [2.05, 4.69) is 4.90 Å². The zero-order chi connectivity index (χ0) is 15.5. The molecule has 0 radical (unpaired) electrons. The van der Waals surface area contributed by atoms with Crippen molar-refractivity contribution >= 4 is 21.6 Å². The third kappa shape index (κ3) is 3.94. The van der Waals surface area contributed by atoms with Gasteiger partial charge in [-0.2, -0.15) is 4.31 Å². The largest absolute Gasteiger partial charge is 0.302 e. The molecule has 4 nitrogen and oxygen atoms in total. The molecule has 1 saturated heterocycles. The van der Waals surface area contributed by atoms with Crippen molar-refractivity contribution in [3.8, 4) is 0 Å². The lowest BCUT2D eigenvalue weighted by molar-refractivity contribution is 0.310. The Hall–Kier alpha value is -0.690. The molecule has 21 heavy (non-hydrogen) atoms. The summed E-state index contributed by atoms with van der Waals surface area (Å²) in [5.41, 5.74) is 0.422. The predicted octanol–water partition coefficient (Wildman–Crippen LogP) is 2.28. The van der Waals surface area contributed by atoms with Crippen molar-refractivity contribution in [1.82, 2.24) is 9.21 Å². The number of hydrogen-bond acceptors (Lipinski definition) is 3. The first-order valence-electron chi connectivity index (χ1n) is 6.98. The van der Waals surface area contributed by atoms with Gasteiger partial charge in [-0.15, -0.1) is 11.6 Å². The minimum atomic E-state index is -3.71. The number of rotatable bonds is 6. The number of alkyl halides is 1. The normalized spacial score (nSPS) is 16.8. The van der Waals surface area contributed by atoms with Gasteiger partial charge in [0.25, 0.3) is 0 Å². The standard InChI is InChI=1S/C14H20ClFN2O2S/c1-17(8-9-18-6-2-3-7-18)21(19,20)14-10-13(16)5-4-12(14)11-15/h4-5,10H,2-3,6-9,11H2,1H3. The Kier molecular flexibility index (Phi) is 5.60. The maximum absolute atomic E-state index is 13.4. The van der Waals surface area contributed by atoms with Gasteiger partial charge >= 0.3 is 0 Å². The van der Waals surface area contributed by atoms with E-state index < -0.39 is 15.8 Å². The third-order valence-electron chi connectivity index (χ3n) is 3.79. The molecule has 1 heterocycles. The summed E-state index contributed by atoms with van der Waals surface area (Å²) in [5, 5.41) is 0. The molecule has 2 rings (SSSR count). The van der Waals surface area contributed by atoms with E-state index in [1.54, 1.807) is 0 Å². The molecular weight excluding hydrogens is 315 g/mol. The van der Waals surface area contributed by atoms with Crippen LogP contribution in [-0.4, -0.2) is 50.8 Å². The molecule has 0 saturated carbocycles. The number of likely N-dealkylation sites (N-methyl/N-ethyl adjacent to an activating group) is 1. The molecular formula is C14H20ClFN2O2S. The van der Waals surface area contributed by atoms with Gasteiger partial charge in [0.15, 0.2) is 0 Å². The zero-order valence-electron chi connectivity index (χ0n) is 12.1. The molecule has 1 fully saturated rings. The highest BCUT2D eigenvalue weighted by atomic mass is 35.5. The van der Waals surface area contributed by atoms with Crippen LogP contribution in [-0.2, 0) is 15.9 Å². The van der Waals surface area contributed by atoms with E-state index in [0.29, 0.717) is 18.7 Å². The second-order valence-electron chi connectivity index (χ2n) is 5.26. The van der Waals surface area contributed by atoms with E-state index in [0.717, 1.165) is 32.0 Å². The van der Waals surface area contributed by atoms with Gasteiger partial charge in [0.05, 0.1) is 4.90 Å². The highest BCUT2D eigenvalue weighted by molar-refractivity contribution is 7.89. The highest BCUT2D eigenvalue weighted by Gasteiger charge is 2.25. The van der Waals surface area contributed by atoms with E-state index in [4.69, 9.17) is 11.6 Å². The van der Waals surface area contributed by atoms with Crippen LogP contribution in [0.1, 0.15) is 18.4 Å². The molecule has 0 amide bonds. The third-order valence-corrected chi connectivity index (χ3v) is 6.02. The molecule has 0 N–H and O–H groups in total. The fourth-order valence-electron chi connectivity index (χ4n) is 2.46. The minimum Gasteiger partial charge on any atom is -0.302 e. The first kappa shape index (κ1) is 16.7. The predicted molar refractivity (Wildman–Crippen MR) is 81.4 cm³/mol. The molecule has 0 atom stereocenters. The van der Waals surface area contributed by atoms with Gasteiger partial charge in [-0.05, 0) is 43.6 Å². The molecule has 118 valence electrons. The van der Waals surface area contributed by atoms with Crippen LogP contribution in [0, 0.1) is 5.82 Å². The van der Waals surface area contributed by atoms with Gasteiger partial charge in [-0.25, -0.2) is 12.8 Å². The topological polar surface area (TPSA) is 40.6 Å². The Labute approximate surface area is 130 Å². The van der Waals surface area contributed by atoms with E-state index in [9.17, 15) is 12.8 Å². The lowest BCUT2D eigenvalue weighted by Crippen LogP contribution is -2.35. The van der Waals surface area contributed by atoms with E-state index in [1.165, 1.54) is 23.5 Å². The summed E-state index contributed by atoms with van der Waals surface area (Å²) in [6.45, 7) is 3.11. The van der Waals surface area contributed by atoms with Crippen LogP contribution in [0.5, 0.6) is 0 Å². The first-order valence-corrected chi connectivity index (χ1v) is 8.95. The Bertz CT molecular complexity index is 589. The van der Waals surface area contributed by atoms with Crippen molar-refractivity contribution in [1.29, 1.82) is 0 Å². The van der Waals surface area contributed by atoms with Crippen LogP contribution in [0.2, 0.25) is 0 Å². The molecule has 0 spiro atoms. The summed E-state index contributed by atoms with van der Waals surface area (Å²) in [4.78, 5) is 2.20. The number of nitrogens with zero attached hydrogens (tertiary/aromatic N) is 2. The van der Waals surface area contributed by atoms with Crippen LogP contribution >= 0.6 is 11.6 Å². The summed E-state index contributed by atoms with van der Waals surface area (Å²) in [7, 11) is -2.19. The maximum atomic E-state index is 13.4. The van der Waals surface area contributed by atoms with Gasteiger partial charge in [-0.1, -0.05) is 6.07 Å². The SMILES string of the molecule is CN(CCN1CCCC1)S(=O)(=O)c1cc(F)ccc1CCl. The van der Waals surface area contributed by atoms with Crippen molar-refractivity contribution in [2.45, 2.75) is 23.6 Å². The number of hydrogen-bond donors (Lipinski definition) is 0. The second kappa shape index (κ2) is 7.05. The van der Waals surface area contributed by atoms with Crippen molar-refractivity contribution in [3.05, 3.63) is 29.6 Å². The van der Waals surface area contributed by atoms with E-state index >= 15 is 0 Å². The minimum absolute atomic E-state index is 0.0365. The van der Waals surface area contributed by atoms with Gasteiger partial charge < -0.3 is 4.90 Å². The van der Waals surface area contributed by atoms with Crippen molar-refractivity contribution in [3.63, 3.8) is 0 Å². The lowest BCUT2D eigenvalue weighted by Gasteiger charge is -2.22. The molecule has 1 aromatic rings. The Morgan fingerprint density at radius 3 is 2.62 bits per heavy atom. The number of likely N-dealkylation sites (tertiary alicyclic amines) is 1. The molecule has 1 aromatic carbocycles. The summed E-state index contributed by atoms with van der Waals surface area (Å²) in [6, 6.07) is 3.68. The molecule has 1 aliphatic heterocycles. The van der Waals surface area contributed by atoms with Gasteiger partial charge in [0, 0.05) is 26.0 Å². The molecule has 0 unspecified atom stereocenters. The lowest BCUT2D eigenvalue weighted by atomic mass is 10.2. The summed E-state index contributed by atoms with van der Waals surface area (Å²) < 4.78 is 39.8. The maximum Gasteiger partial charge on any atom is 0.243 e. The van der Waals surface area contributed by atoms with E-state index in [1.807, 2.05) is 0 Å². The van der Waals surface area contributed by atoms with Crippen LogP contribution < -0.4 is 0 Å². The molecule has 0 aromatic heterocycles. The number of sulfonamides is 1. The molecule has 0 bridgehead atoms. The fourth-order valence-corrected chi connectivity index (χ4v) is 4.16. The zero-order valence-corrected chi connectivity index (χ0v) is 13.6. The van der Waals surface area contributed by atoms with Crippen LogP contribution in [0.15, 0.2) is 23.1 Å². The average Bonchev–Trinajstić information content (AvgIpc) is 2.97. The van der Waals surface area contributed by atoms with Crippen LogP contribution in [0.25, 0.3) is 0 Å². The monoisotopic (exact) mass is 334 g/mol. The quantitative estimate of drug-likeness (QED) is 0.749. The van der Waals surface area contributed by atoms with Crippen LogP contribution in [0.3, 0.4) is 0 Å². The number of halogens is 2. The first-order chi connectivity index (χ1) is 9.95. The van der Waals surface area contributed by atoms with Crippen LogP contribution in [0.4, 0.5) is 4.39 Å². The van der Waals surface area contributed by atoms with Gasteiger partial charge in [0.1, 0.15) is 5.82 Å². The Morgan fingerprint density at radius 1 is 1.33 bits per heavy atom. The molecule has 0 aliphatic carbocycles. The second-order valence-corrected chi connectivity index (χ2v) is 7.54. The van der Waals surface area contributed by atoms with Gasteiger partial charge in [0.2, 0.25) is 10.0 Å². The van der Waals surface area contributed by atoms with Crippen molar-refractivity contribution < 1.29 is 12.8 Å². The highest BCUT2D eigenvalue weighted by Crippen LogP contribution is 2.22. The average molecular weight is 335 g/mol. The van der Waals surface area contributed by atoms with Gasteiger partial charge in [-0.3, -0.25) is 0 Å². The summed E-state index contributed by atoms with van der Waals surface area (Å²) in [6.07, 6.45) is 2.33. The number of benzene rings is 1. The Balaban J connectivity index is 2.14. The fraction of sp³-hybridized carbons (Fsp3) is 0.571. The van der Waals surface area contributed by atoms with E-state index in [-0.39, 0.29) is 10.8 Å². The summed E-state index contributed by atoms with van der Waals surface area (Å²) in [5.74, 6) is -0.537. The van der Waals surface area contributed by atoms with Crippen molar-refractivity contribution in [2.75, 3.05) is 33.2 Å². The summed E-state index contributed by atoms with van der Waals surface area (Å²) >= 11 is 5.76. The molecule has 1 aliphatic rings. The molecule has 7 heteroatoms.